The fraction of sp³-hybridized carbons (Fsp3) is 0.368. The molecule has 3 atom stereocenters. The molecule has 0 bridgehead atoms. The molecule has 0 spiro atoms. The highest BCUT2D eigenvalue weighted by Crippen LogP contribution is 2.26. The Hall–Kier alpha value is -1.69. The highest BCUT2D eigenvalue weighted by Gasteiger charge is 2.33. The summed E-state index contributed by atoms with van der Waals surface area (Å²) in [7, 11) is 0. The Morgan fingerprint density at radius 1 is 1.12 bits per heavy atom. The van der Waals surface area contributed by atoms with E-state index in [0.717, 1.165) is 25.3 Å². The standard InChI is InChI=1S/C19H20ClF2NO2/c20-13-3-1-4-16(9-13)25-18-6-2-5-17(19(18)24)23-11-12-7-14(21)10-15(22)8-12/h1,3-4,7-10,17-19,23-24H,2,5-6,11H2/t17-,18+,19+/m0/s1. The van der Waals surface area contributed by atoms with Gasteiger partial charge in [0.25, 0.3) is 0 Å². The van der Waals surface area contributed by atoms with Gasteiger partial charge in [0.15, 0.2) is 0 Å². The fourth-order valence-corrected chi connectivity index (χ4v) is 3.35. The minimum atomic E-state index is -0.717. The van der Waals surface area contributed by atoms with Crippen LogP contribution in [0.5, 0.6) is 5.75 Å². The van der Waals surface area contributed by atoms with E-state index in [4.69, 9.17) is 16.3 Å². The first-order chi connectivity index (χ1) is 12.0. The maximum Gasteiger partial charge on any atom is 0.126 e. The number of aliphatic hydroxyl groups excluding tert-OH is 1. The monoisotopic (exact) mass is 367 g/mol. The van der Waals surface area contributed by atoms with Crippen LogP contribution < -0.4 is 10.1 Å². The van der Waals surface area contributed by atoms with E-state index in [1.807, 2.05) is 0 Å². The van der Waals surface area contributed by atoms with Crippen molar-refractivity contribution in [2.45, 2.75) is 44.1 Å². The van der Waals surface area contributed by atoms with Crippen LogP contribution in [-0.4, -0.2) is 23.4 Å². The van der Waals surface area contributed by atoms with E-state index in [9.17, 15) is 13.9 Å². The van der Waals surface area contributed by atoms with Crippen LogP contribution in [0.3, 0.4) is 0 Å². The van der Waals surface area contributed by atoms with Crippen LogP contribution in [0.1, 0.15) is 24.8 Å². The van der Waals surface area contributed by atoms with E-state index in [0.29, 0.717) is 16.3 Å². The lowest BCUT2D eigenvalue weighted by Crippen LogP contribution is -2.50. The van der Waals surface area contributed by atoms with Crippen molar-refractivity contribution in [3.63, 3.8) is 0 Å². The van der Waals surface area contributed by atoms with E-state index < -0.39 is 17.7 Å². The number of hydrogen-bond acceptors (Lipinski definition) is 3. The largest absolute Gasteiger partial charge is 0.488 e. The summed E-state index contributed by atoms with van der Waals surface area (Å²) in [6.45, 7) is 0.278. The molecule has 3 rings (SSSR count). The average Bonchev–Trinajstić information content (AvgIpc) is 2.55. The van der Waals surface area contributed by atoms with Crippen molar-refractivity contribution in [3.05, 3.63) is 64.7 Å². The minimum absolute atomic E-state index is 0.204. The molecule has 25 heavy (non-hydrogen) atoms. The predicted molar refractivity (Wildman–Crippen MR) is 92.7 cm³/mol. The van der Waals surface area contributed by atoms with Crippen LogP contribution in [0.2, 0.25) is 5.02 Å². The first-order valence-corrected chi connectivity index (χ1v) is 8.68. The summed E-state index contributed by atoms with van der Waals surface area (Å²) in [5.74, 6) is -0.601. The van der Waals surface area contributed by atoms with Gasteiger partial charge in [0, 0.05) is 23.7 Å². The Balaban J connectivity index is 1.60. The Morgan fingerprint density at radius 2 is 1.88 bits per heavy atom. The maximum absolute atomic E-state index is 13.3. The summed E-state index contributed by atoms with van der Waals surface area (Å²) in [5.41, 5.74) is 0.502. The van der Waals surface area contributed by atoms with Gasteiger partial charge in [-0.1, -0.05) is 17.7 Å². The predicted octanol–water partition coefficient (Wildman–Crippen LogP) is 4.07. The molecule has 1 fully saturated rings. The molecule has 0 unspecified atom stereocenters. The molecule has 2 N–H and O–H groups in total. The van der Waals surface area contributed by atoms with Gasteiger partial charge in [0.05, 0.1) is 0 Å². The average molecular weight is 368 g/mol. The lowest BCUT2D eigenvalue weighted by molar-refractivity contribution is -0.0157. The van der Waals surface area contributed by atoms with Crippen LogP contribution in [0.4, 0.5) is 8.78 Å². The van der Waals surface area contributed by atoms with Crippen LogP contribution in [0, 0.1) is 11.6 Å². The minimum Gasteiger partial charge on any atom is -0.488 e. The molecule has 0 aromatic heterocycles. The number of nitrogens with one attached hydrogen (secondary N) is 1. The van der Waals surface area contributed by atoms with Crippen molar-refractivity contribution in [2.75, 3.05) is 0 Å². The second-order valence-corrected chi connectivity index (χ2v) is 6.74. The zero-order valence-electron chi connectivity index (χ0n) is 13.6. The third-order valence-electron chi connectivity index (χ3n) is 4.37. The van der Waals surface area contributed by atoms with Crippen LogP contribution in [-0.2, 0) is 6.54 Å². The smallest absolute Gasteiger partial charge is 0.126 e. The Bertz CT molecular complexity index is 708. The second kappa shape index (κ2) is 8.13. The molecule has 0 saturated heterocycles. The molecular formula is C19H20ClF2NO2. The SMILES string of the molecule is O[C@@H]1[C@@H](NCc2cc(F)cc(F)c2)CCC[C@H]1Oc1cccc(Cl)c1. The highest BCUT2D eigenvalue weighted by molar-refractivity contribution is 6.30. The molecule has 2 aromatic rings. The summed E-state index contributed by atoms with van der Waals surface area (Å²) in [6.07, 6.45) is 1.33. The van der Waals surface area contributed by atoms with Gasteiger partial charge in [0.2, 0.25) is 0 Å². The van der Waals surface area contributed by atoms with Crippen LogP contribution in [0.25, 0.3) is 0 Å². The van der Waals surface area contributed by atoms with Crippen molar-refractivity contribution < 1.29 is 18.6 Å². The van der Waals surface area contributed by atoms with E-state index >= 15 is 0 Å². The lowest BCUT2D eigenvalue weighted by atomic mass is 9.89. The number of rotatable bonds is 5. The number of aliphatic hydroxyl groups is 1. The summed E-state index contributed by atoms with van der Waals surface area (Å²) in [6, 6.07) is 10.3. The van der Waals surface area contributed by atoms with Gasteiger partial charge in [-0.05, 0) is 55.2 Å². The van der Waals surface area contributed by atoms with Crippen molar-refractivity contribution in [2.24, 2.45) is 0 Å². The molecule has 134 valence electrons. The third-order valence-corrected chi connectivity index (χ3v) is 4.61. The summed E-state index contributed by atoms with van der Waals surface area (Å²) < 4.78 is 32.4. The third kappa shape index (κ3) is 4.91. The molecule has 0 aliphatic heterocycles. The Morgan fingerprint density at radius 3 is 2.60 bits per heavy atom. The van der Waals surface area contributed by atoms with E-state index in [1.165, 1.54) is 12.1 Å². The Kier molecular flexibility index (Phi) is 5.89. The number of benzene rings is 2. The fourth-order valence-electron chi connectivity index (χ4n) is 3.17. The summed E-state index contributed by atoms with van der Waals surface area (Å²) in [4.78, 5) is 0. The first-order valence-electron chi connectivity index (χ1n) is 8.30. The van der Waals surface area contributed by atoms with Crippen LogP contribution in [0.15, 0.2) is 42.5 Å². The van der Waals surface area contributed by atoms with Gasteiger partial charge >= 0.3 is 0 Å². The van der Waals surface area contributed by atoms with Gasteiger partial charge in [-0.2, -0.15) is 0 Å². The molecule has 0 amide bonds. The van der Waals surface area contributed by atoms with Crippen LogP contribution >= 0.6 is 11.6 Å². The quantitative estimate of drug-likeness (QED) is 0.837. The summed E-state index contributed by atoms with van der Waals surface area (Å²) in [5, 5.41) is 14.3. The second-order valence-electron chi connectivity index (χ2n) is 6.30. The van der Waals surface area contributed by atoms with E-state index in [1.54, 1.807) is 24.3 Å². The van der Waals surface area contributed by atoms with Gasteiger partial charge in [-0.3, -0.25) is 0 Å². The van der Waals surface area contributed by atoms with Crippen molar-refractivity contribution in [1.82, 2.24) is 5.32 Å². The van der Waals surface area contributed by atoms with Gasteiger partial charge < -0.3 is 15.2 Å². The summed E-state index contributed by atoms with van der Waals surface area (Å²) >= 11 is 5.95. The zero-order chi connectivity index (χ0) is 17.8. The normalized spacial score (nSPS) is 23.4. The molecule has 2 aromatic carbocycles. The first kappa shape index (κ1) is 18.1. The molecule has 0 heterocycles. The van der Waals surface area contributed by atoms with Crippen molar-refractivity contribution >= 4 is 11.6 Å². The lowest BCUT2D eigenvalue weighted by Gasteiger charge is -2.35. The highest BCUT2D eigenvalue weighted by atomic mass is 35.5. The number of halogens is 3. The molecule has 0 radical (unpaired) electrons. The molecule has 1 aliphatic carbocycles. The van der Waals surface area contributed by atoms with Gasteiger partial charge in [-0.25, -0.2) is 8.78 Å². The van der Waals surface area contributed by atoms with Crippen molar-refractivity contribution in [3.8, 4) is 5.75 Å². The molecule has 3 nitrogen and oxygen atoms in total. The maximum atomic E-state index is 13.3. The van der Waals surface area contributed by atoms with E-state index in [2.05, 4.69) is 5.32 Å². The van der Waals surface area contributed by atoms with Gasteiger partial charge in [0.1, 0.15) is 29.6 Å². The Labute approximate surface area is 150 Å². The van der Waals surface area contributed by atoms with E-state index in [-0.39, 0.29) is 18.7 Å². The van der Waals surface area contributed by atoms with Crippen molar-refractivity contribution in [1.29, 1.82) is 0 Å². The molecule has 1 aliphatic rings. The molecular weight excluding hydrogens is 348 g/mol. The topological polar surface area (TPSA) is 41.5 Å². The zero-order valence-corrected chi connectivity index (χ0v) is 14.3. The molecule has 6 heteroatoms. The number of ether oxygens (including phenoxy) is 1. The molecule has 1 saturated carbocycles. The number of hydrogen-bond donors (Lipinski definition) is 2. The van der Waals surface area contributed by atoms with Gasteiger partial charge in [-0.15, -0.1) is 0 Å².